The predicted molar refractivity (Wildman–Crippen MR) is 167 cm³/mol. The van der Waals surface area contributed by atoms with E-state index in [1.807, 2.05) is 13.0 Å². The van der Waals surface area contributed by atoms with E-state index in [1.54, 1.807) is 12.1 Å². The zero-order valence-corrected chi connectivity index (χ0v) is 27.4. The first-order valence-electron chi connectivity index (χ1n) is 14.7. The molecule has 2 aromatic rings. The van der Waals surface area contributed by atoms with Crippen LogP contribution in [0.1, 0.15) is 81.7 Å². The molecule has 2 aromatic carbocycles. The Morgan fingerprint density at radius 2 is 1.64 bits per heavy atom. The first-order chi connectivity index (χ1) is 19.5. The van der Waals surface area contributed by atoms with Crippen molar-refractivity contribution < 1.29 is 26.3 Å². The van der Waals surface area contributed by atoms with Crippen molar-refractivity contribution in [2.75, 3.05) is 35.9 Å². The molecular formula is C31H43N3O6S2. The van der Waals surface area contributed by atoms with Gasteiger partial charge in [-0.2, -0.15) is 3.71 Å². The fourth-order valence-corrected chi connectivity index (χ4v) is 9.55. The summed E-state index contributed by atoms with van der Waals surface area (Å²) in [5, 5.41) is 0. The molecule has 0 bridgehead atoms. The van der Waals surface area contributed by atoms with Crippen LogP contribution in [0.4, 0.5) is 5.69 Å². The molecule has 0 unspecified atom stereocenters. The van der Waals surface area contributed by atoms with Gasteiger partial charge in [0.15, 0.2) is 11.5 Å². The lowest BCUT2D eigenvalue weighted by Gasteiger charge is -2.35. The van der Waals surface area contributed by atoms with Crippen LogP contribution < -0.4 is 13.2 Å². The van der Waals surface area contributed by atoms with Crippen molar-refractivity contribution in [1.29, 1.82) is 0 Å². The summed E-state index contributed by atoms with van der Waals surface area (Å²) in [4.78, 5) is 7.72. The van der Waals surface area contributed by atoms with E-state index in [1.165, 1.54) is 30.9 Å². The maximum absolute atomic E-state index is 12.6. The highest BCUT2D eigenvalue weighted by molar-refractivity contribution is 8.09. The zero-order chi connectivity index (χ0) is 30.7. The predicted octanol–water partition coefficient (Wildman–Crippen LogP) is 4.68. The summed E-state index contributed by atoms with van der Waals surface area (Å²) in [5.74, 6) is 1.57. The second-order valence-electron chi connectivity index (χ2n) is 13.0. The number of hydrogen-bond donors (Lipinski definition) is 0. The Morgan fingerprint density at radius 1 is 0.976 bits per heavy atom. The molecule has 0 N–H and O–H groups in total. The van der Waals surface area contributed by atoms with Crippen LogP contribution in [0.15, 0.2) is 29.3 Å². The standard InChI is InChI=1S/C31H43N3O6S2/c1-8-39-28-25(20-33-15-10-9-11-16-33)23-18-30(2,3)32-27(26(23)24-19-31(4,5)40-29(24)28)21-13-12-14-22(17-21)34(41(6,35)36)42(7,37)38/h12-14,17H,8-11,15-16,18-20H2,1-7H3. The van der Waals surface area contributed by atoms with Crippen LogP contribution in [-0.4, -0.2) is 70.8 Å². The highest BCUT2D eigenvalue weighted by Crippen LogP contribution is 2.51. The number of piperidine rings is 1. The molecule has 1 saturated heterocycles. The van der Waals surface area contributed by atoms with Gasteiger partial charge < -0.3 is 9.47 Å². The van der Waals surface area contributed by atoms with Gasteiger partial charge in [-0.3, -0.25) is 9.89 Å². The second-order valence-corrected chi connectivity index (χ2v) is 16.9. The minimum absolute atomic E-state index is 0.0535. The van der Waals surface area contributed by atoms with Gasteiger partial charge in [0, 0.05) is 35.2 Å². The Labute approximate surface area is 251 Å². The first kappa shape index (κ1) is 30.8. The van der Waals surface area contributed by atoms with Crippen molar-refractivity contribution in [3.05, 3.63) is 52.1 Å². The van der Waals surface area contributed by atoms with Gasteiger partial charge >= 0.3 is 0 Å². The van der Waals surface area contributed by atoms with Gasteiger partial charge in [0.1, 0.15) is 5.60 Å². The highest BCUT2D eigenvalue weighted by atomic mass is 32.3. The number of ether oxygens (including phenoxy) is 2. The number of benzene rings is 2. The summed E-state index contributed by atoms with van der Waals surface area (Å²) in [7, 11) is -8.21. The van der Waals surface area contributed by atoms with Gasteiger partial charge in [-0.05, 0) is 84.7 Å². The van der Waals surface area contributed by atoms with Crippen molar-refractivity contribution in [2.45, 2.75) is 84.4 Å². The Kier molecular flexibility index (Phi) is 7.94. The van der Waals surface area contributed by atoms with E-state index in [4.69, 9.17) is 14.5 Å². The molecule has 0 aromatic heterocycles. The largest absolute Gasteiger partial charge is 0.490 e. The molecule has 3 heterocycles. The molecule has 0 spiro atoms. The maximum Gasteiger partial charge on any atom is 0.245 e. The van der Waals surface area contributed by atoms with Crippen LogP contribution in [0.3, 0.4) is 0 Å². The highest BCUT2D eigenvalue weighted by Gasteiger charge is 2.42. The van der Waals surface area contributed by atoms with Crippen molar-refractivity contribution in [3.8, 4) is 11.5 Å². The van der Waals surface area contributed by atoms with Crippen LogP contribution in [0, 0.1) is 0 Å². The molecule has 3 aliphatic rings. The Hall–Kier alpha value is -2.63. The van der Waals surface area contributed by atoms with Crippen LogP contribution in [0.2, 0.25) is 0 Å². The smallest absolute Gasteiger partial charge is 0.245 e. The van der Waals surface area contributed by atoms with E-state index in [0.29, 0.717) is 34.4 Å². The Bertz CT molecular complexity index is 1610. The number of rotatable bonds is 8. The third kappa shape index (κ3) is 6.05. The van der Waals surface area contributed by atoms with Crippen molar-refractivity contribution in [3.63, 3.8) is 0 Å². The zero-order valence-electron chi connectivity index (χ0n) is 25.8. The van der Waals surface area contributed by atoms with Crippen molar-refractivity contribution >= 4 is 31.4 Å². The maximum atomic E-state index is 12.6. The molecule has 0 saturated carbocycles. The summed E-state index contributed by atoms with van der Waals surface area (Å²) in [6.07, 6.45) is 6.74. The SMILES string of the molecule is CCOc1c(CN2CCCCC2)c2c(c3c1OC(C)(C)C3)C(c1cccc(N(S(C)(=O)=O)S(C)(=O)=O)c1)=NC(C)(C)C2. The molecule has 0 aliphatic carbocycles. The normalized spacial score (nSPS) is 19.8. The third-order valence-electron chi connectivity index (χ3n) is 8.02. The summed E-state index contributed by atoms with van der Waals surface area (Å²) >= 11 is 0. The molecule has 9 nitrogen and oxygen atoms in total. The van der Waals surface area contributed by atoms with Gasteiger partial charge in [0.05, 0.1) is 36.1 Å². The lowest BCUT2D eigenvalue weighted by atomic mass is 9.78. The average Bonchev–Trinajstić information content (AvgIpc) is 3.19. The lowest BCUT2D eigenvalue weighted by Crippen LogP contribution is -2.36. The number of fused-ring (bicyclic) bond motifs is 3. The monoisotopic (exact) mass is 617 g/mol. The van der Waals surface area contributed by atoms with Crippen molar-refractivity contribution in [2.24, 2.45) is 4.99 Å². The number of aliphatic imine (C=N–C) groups is 1. The van der Waals surface area contributed by atoms with E-state index in [-0.39, 0.29) is 5.69 Å². The van der Waals surface area contributed by atoms with Gasteiger partial charge in [-0.25, -0.2) is 16.8 Å². The van der Waals surface area contributed by atoms with Gasteiger partial charge in [-0.1, -0.05) is 18.6 Å². The molecule has 0 atom stereocenters. The topological polar surface area (TPSA) is 106 Å². The molecule has 11 heteroatoms. The molecule has 42 heavy (non-hydrogen) atoms. The number of sulfonamides is 2. The molecule has 0 radical (unpaired) electrons. The third-order valence-corrected chi connectivity index (χ3v) is 11.3. The van der Waals surface area contributed by atoms with E-state index < -0.39 is 31.2 Å². The van der Waals surface area contributed by atoms with Crippen LogP contribution in [0.25, 0.3) is 0 Å². The van der Waals surface area contributed by atoms with E-state index in [9.17, 15) is 16.8 Å². The molecular weight excluding hydrogens is 574 g/mol. The van der Waals surface area contributed by atoms with Crippen LogP contribution in [0.5, 0.6) is 11.5 Å². The fourth-order valence-electron chi connectivity index (χ4n) is 6.59. The number of anilines is 1. The van der Waals surface area contributed by atoms with E-state index in [0.717, 1.165) is 60.3 Å². The molecule has 5 rings (SSSR count). The van der Waals surface area contributed by atoms with E-state index >= 15 is 0 Å². The number of nitrogens with zero attached hydrogens (tertiary/aromatic N) is 3. The molecule has 230 valence electrons. The van der Waals surface area contributed by atoms with Gasteiger partial charge in [0.25, 0.3) is 0 Å². The Morgan fingerprint density at radius 3 is 2.26 bits per heavy atom. The molecule has 0 amide bonds. The van der Waals surface area contributed by atoms with Gasteiger partial charge in [0.2, 0.25) is 20.0 Å². The molecule has 3 aliphatic heterocycles. The number of hydrogen-bond acceptors (Lipinski definition) is 8. The van der Waals surface area contributed by atoms with Crippen LogP contribution >= 0.6 is 0 Å². The quantitative estimate of drug-likeness (QED) is 0.424. The second kappa shape index (κ2) is 10.8. The van der Waals surface area contributed by atoms with Gasteiger partial charge in [-0.15, -0.1) is 0 Å². The average molecular weight is 618 g/mol. The first-order valence-corrected chi connectivity index (χ1v) is 18.4. The Balaban J connectivity index is 1.77. The van der Waals surface area contributed by atoms with E-state index in [2.05, 4.69) is 32.6 Å². The van der Waals surface area contributed by atoms with Crippen LogP contribution in [-0.2, 0) is 39.4 Å². The number of likely N-dealkylation sites (tertiary alicyclic amines) is 1. The summed E-state index contributed by atoms with van der Waals surface area (Å²) in [5.41, 5.74) is 4.83. The van der Waals surface area contributed by atoms with Crippen molar-refractivity contribution in [1.82, 2.24) is 4.90 Å². The fraction of sp³-hybridized carbons (Fsp3) is 0.581. The minimum Gasteiger partial charge on any atom is -0.490 e. The summed E-state index contributed by atoms with van der Waals surface area (Å²) in [6.45, 7) is 13.6. The summed E-state index contributed by atoms with van der Waals surface area (Å²) < 4.78 is 63.9. The molecule has 1 fully saturated rings. The lowest BCUT2D eigenvalue weighted by molar-refractivity contribution is 0.131. The summed E-state index contributed by atoms with van der Waals surface area (Å²) in [6, 6.07) is 6.66. The minimum atomic E-state index is -4.10.